The summed E-state index contributed by atoms with van der Waals surface area (Å²) < 4.78 is 26.8. The molecule has 4 nitrogen and oxygen atoms in total. The predicted octanol–water partition coefficient (Wildman–Crippen LogP) is 2.62. The molecule has 0 aliphatic heterocycles. The zero-order valence-corrected chi connectivity index (χ0v) is 13.5. The summed E-state index contributed by atoms with van der Waals surface area (Å²) in [7, 11) is 0.0529. The first-order valence-electron chi connectivity index (χ1n) is 6.88. The van der Waals surface area contributed by atoms with Crippen LogP contribution in [0.15, 0.2) is 23.1 Å². The van der Waals surface area contributed by atoms with Crippen LogP contribution in [0.1, 0.15) is 31.2 Å². The van der Waals surface area contributed by atoms with Gasteiger partial charge in [0.05, 0.1) is 4.90 Å². The number of hydrogen-bond acceptors (Lipinski definition) is 3. The molecule has 1 aromatic carbocycles. The lowest BCUT2D eigenvalue weighted by Crippen LogP contribution is -2.35. The van der Waals surface area contributed by atoms with E-state index in [2.05, 4.69) is 5.32 Å². The molecule has 1 aliphatic carbocycles. The normalized spacial score (nSPS) is 17.0. The zero-order chi connectivity index (χ0) is 14.8. The summed E-state index contributed by atoms with van der Waals surface area (Å²) in [6.45, 7) is 0.551. The molecule has 0 aromatic heterocycles. The van der Waals surface area contributed by atoms with Crippen LogP contribution in [-0.2, 0) is 16.6 Å². The summed E-state index contributed by atoms with van der Waals surface area (Å²) in [4.78, 5) is 0.321. The fourth-order valence-electron chi connectivity index (χ4n) is 2.67. The summed E-state index contributed by atoms with van der Waals surface area (Å²) in [5, 5.41) is 3.58. The zero-order valence-electron chi connectivity index (χ0n) is 11.9. The van der Waals surface area contributed by atoms with Gasteiger partial charge in [0.1, 0.15) is 0 Å². The van der Waals surface area contributed by atoms with Crippen LogP contribution in [0.25, 0.3) is 0 Å². The minimum atomic E-state index is -3.43. The van der Waals surface area contributed by atoms with E-state index in [-0.39, 0.29) is 6.04 Å². The van der Waals surface area contributed by atoms with Crippen molar-refractivity contribution in [2.45, 2.75) is 43.2 Å². The average molecular weight is 317 g/mol. The molecule has 0 unspecified atom stereocenters. The molecule has 2 rings (SSSR count). The second-order valence-electron chi connectivity index (χ2n) is 5.24. The van der Waals surface area contributed by atoms with Gasteiger partial charge in [-0.25, -0.2) is 8.42 Å². The van der Waals surface area contributed by atoms with Crippen LogP contribution in [0.5, 0.6) is 0 Å². The van der Waals surface area contributed by atoms with Gasteiger partial charge >= 0.3 is 0 Å². The summed E-state index contributed by atoms with van der Waals surface area (Å²) in [6, 6.07) is 5.04. The van der Waals surface area contributed by atoms with E-state index in [1.807, 2.05) is 7.05 Å². The van der Waals surface area contributed by atoms with Gasteiger partial charge in [-0.15, -0.1) is 0 Å². The third kappa shape index (κ3) is 3.17. The van der Waals surface area contributed by atoms with Crippen molar-refractivity contribution in [1.29, 1.82) is 0 Å². The molecule has 0 spiro atoms. The topological polar surface area (TPSA) is 49.4 Å². The third-order valence-corrected chi connectivity index (χ3v) is 6.18. The molecule has 0 heterocycles. The van der Waals surface area contributed by atoms with Crippen LogP contribution in [0.2, 0.25) is 5.02 Å². The Balaban J connectivity index is 2.31. The van der Waals surface area contributed by atoms with Crippen molar-refractivity contribution in [2.24, 2.45) is 0 Å². The molecule has 0 bridgehead atoms. The highest BCUT2D eigenvalue weighted by atomic mass is 35.5. The van der Waals surface area contributed by atoms with Crippen LogP contribution in [0, 0.1) is 0 Å². The summed E-state index contributed by atoms with van der Waals surface area (Å²) in [5.74, 6) is 0. The Labute approximate surface area is 126 Å². The molecule has 1 fully saturated rings. The SMILES string of the molecule is CNCc1cc(S(=O)(=O)N(C)C2CCCC2)ccc1Cl. The standard InChI is InChI=1S/C14H21ClN2O2S/c1-16-10-11-9-13(7-8-14(11)15)20(18,19)17(2)12-5-3-4-6-12/h7-9,12,16H,3-6,10H2,1-2H3. The molecule has 1 aromatic rings. The molecule has 112 valence electrons. The molecule has 0 radical (unpaired) electrons. The molecule has 1 aliphatic rings. The van der Waals surface area contributed by atoms with Crippen LogP contribution in [0.3, 0.4) is 0 Å². The second-order valence-corrected chi connectivity index (χ2v) is 7.65. The lowest BCUT2D eigenvalue weighted by molar-refractivity contribution is 0.373. The van der Waals surface area contributed by atoms with Gasteiger partial charge in [0.25, 0.3) is 0 Å². The summed E-state index contributed by atoms with van der Waals surface area (Å²) in [5.41, 5.74) is 0.801. The van der Waals surface area contributed by atoms with Gasteiger partial charge in [0, 0.05) is 24.7 Å². The maximum absolute atomic E-state index is 12.6. The first kappa shape index (κ1) is 15.8. The van der Waals surface area contributed by atoms with Crippen LogP contribution in [0.4, 0.5) is 0 Å². The summed E-state index contributed by atoms with van der Waals surface area (Å²) in [6.07, 6.45) is 4.12. The maximum Gasteiger partial charge on any atom is 0.243 e. The molecule has 0 amide bonds. The van der Waals surface area contributed by atoms with E-state index in [0.717, 1.165) is 31.2 Å². The highest BCUT2D eigenvalue weighted by Gasteiger charge is 2.30. The van der Waals surface area contributed by atoms with Crippen molar-refractivity contribution >= 4 is 21.6 Å². The highest BCUT2D eigenvalue weighted by Crippen LogP contribution is 2.28. The number of rotatable bonds is 5. The van der Waals surface area contributed by atoms with Gasteiger partial charge < -0.3 is 5.32 Å². The Morgan fingerprint density at radius 3 is 2.60 bits per heavy atom. The molecule has 6 heteroatoms. The monoisotopic (exact) mass is 316 g/mol. The average Bonchev–Trinajstić information content (AvgIpc) is 2.94. The molecular formula is C14H21ClN2O2S. The molecule has 1 saturated carbocycles. The van der Waals surface area contributed by atoms with Gasteiger partial charge in [-0.3, -0.25) is 0 Å². The van der Waals surface area contributed by atoms with E-state index < -0.39 is 10.0 Å². The fraction of sp³-hybridized carbons (Fsp3) is 0.571. The Morgan fingerprint density at radius 1 is 1.35 bits per heavy atom. The van der Waals surface area contributed by atoms with Gasteiger partial charge in [0.15, 0.2) is 0 Å². The van der Waals surface area contributed by atoms with E-state index in [0.29, 0.717) is 16.5 Å². The van der Waals surface area contributed by atoms with E-state index in [1.165, 1.54) is 4.31 Å². The Bertz CT molecular complexity index is 569. The molecule has 0 atom stereocenters. The van der Waals surface area contributed by atoms with Gasteiger partial charge in [0.2, 0.25) is 10.0 Å². The smallest absolute Gasteiger partial charge is 0.243 e. The van der Waals surface area contributed by atoms with Crippen molar-refractivity contribution in [3.05, 3.63) is 28.8 Å². The number of nitrogens with zero attached hydrogens (tertiary/aromatic N) is 1. The Kier molecular flexibility index (Phi) is 5.07. The molecule has 0 saturated heterocycles. The molecule has 1 N–H and O–H groups in total. The Morgan fingerprint density at radius 2 is 2.00 bits per heavy atom. The number of hydrogen-bond donors (Lipinski definition) is 1. The first-order valence-corrected chi connectivity index (χ1v) is 8.69. The third-order valence-electron chi connectivity index (χ3n) is 3.90. The fourth-order valence-corrected chi connectivity index (χ4v) is 4.32. The van der Waals surface area contributed by atoms with Crippen LogP contribution < -0.4 is 5.32 Å². The van der Waals surface area contributed by atoms with Crippen molar-refractivity contribution < 1.29 is 8.42 Å². The maximum atomic E-state index is 12.6. The molecule has 20 heavy (non-hydrogen) atoms. The highest BCUT2D eigenvalue weighted by molar-refractivity contribution is 7.89. The predicted molar refractivity (Wildman–Crippen MR) is 81.4 cm³/mol. The van der Waals surface area contributed by atoms with E-state index >= 15 is 0 Å². The minimum absolute atomic E-state index is 0.128. The first-order chi connectivity index (χ1) is 9.46. The summed E-state index contributed by atoms with van der Waals surface area (Å²) >= 11 is 6.08. The second kappa shape index (κ2) is 6.43. The number of nitrogens with one attached hydrogen (secondary N) is 1. The number of sulfonamides is 1. The van der Waals surface area contributed by atoms with Crippen molar-refractivity contribution in [3.8, 4) is 0 Å². The number of benzene rings is 1. The quantitative estimate of drug-likeness (QED) is 0.908. The lowest BCUT2D eigenvalue weighted by atomic mass is 10.2. The van der Waals surface area contributed by atoms with E-state index in [1.54, 1.807) is 25.2 Å². The number of halogens is 1. The lowest BCUT2D eigenvalue weighted by Gasteiger charge is -2.24. The van der Waals surface area contributed by atoms with E-state index in [4.69, 9.17) is 11.6 Å². The largest absolute Gasteiger partial charge is 0.316 e. The van der Waals surface area contributed by atoms with Gasteiger partial charge in [-0.05, 0) is 43.7 Å². The Hall–Kier alpha value is -0.620. The van der Waals surface area contributed by atoms with E-state index in [9.17, 15) is 8.42 Å². The van der Waals surface area contributed by atoms with Gasteiger partial charge in [-0.2, -0.15) is 4.31 Å². The van der Waals surface area contributed by atoms with Crippen molar-refractivity contribution in [3.63, 3.8) is 0 Å². The molecular weight excluding hydrogens is 296 g/mol. The minimum Gasteiger partial charge on any atom is -0.316 e. The van der Waals surface area contributed by atoms with Gasteiger partial charge in [-0.1, -0.05) is 24.4 Å². The van der Waals surface area contributed by atoms with Crippen molar-refractivity contribution in [1.82, 2.24) is 9.62 Å². The van der Waals surface area contributed by atoms with Crippen molar-refractivity contribution in [2.75, 3.05) is 14.1 Å². The van der Waals surface area contributed by atoms with Crippen LogP contribution in [-0.4, -0.2) is 32.9 Å². The van der Waals surface area contributed by atoms with Crippen LogP contribution >= 0.6 is 11.6 Å².